The van der Waals surface area contributed by atoms with Crippen molar-refractivity contribution in [2.75, 3.05) is 16.0 Å². The van der Waals surface area contributed by atoms with Crippen LogP contribution in [-0.2, 0) is 0 Å². The van der Waals surface area contributed by atoms with Crippen molar-refractivity contribution in [3.63, 3.8) is 0 Å². The summed E-state index contributed by atoms with van der Waals surface area (Å²) in [6, 6.07) is 22.4. The van der Waals surface area contributed by atoms with Gasteiger partial charge < -0.3 is 16.0 Å². The fraction of sp³-hybridized carbons (Fsp3) is 0. The average Bonchev–Trinajstić information content (AvgIpc) is 2.76. The smallest absolute Gasteiger partial charge is 0.255 e. The van der Waals surface area contributed by atoms with Crippen LogP contribution >= 0.6 is 0 Å². The molecule has 0 radical (unpaired) electrons. The molecule has 2 heterocycles. The van der Waals surface area contributed by atoms with Crippen molar-refractivity contribution in [1.29, 1.82) is 0 Å². The first-order valence-corrected chi connectivity index (χ1v) is 9.12. The molecule has 0 bridgehead atoms. The minimum Gasteiger partial charge on any atom is -0.355 e. The van der Waals surface area contributed by atoms with Gasteiger partial charge in [0, 0.05) is 58.8 Å². The molecule has 6 heteroatoms. The summed E-state index contributed by atoms with van der Waals surface area (Å²) >= 11 is 0. The van der Waals surface area contributed by atoms with Gasteiger partial charge in [0.2, 0.25) is 0 Å². The van der Waals surface area contributed by atoms with Gasteiger partial charge in [-0.1, -0.05) is 6.07 Å². The molecule has 0 unspecified atom stereocenters. The van der Waals surface area contributed by atoms with E-state index in [9.17, 15) is 4.79 Å². The standard InChI is InChI=1S/C23H19N5O/c29-23(17-4-6-18(7-5-17)26-19-8-12-24-13-9-19)28-22-3-1-2-21(16-22)27-20-10-14-25-15-11-20/h1-16H,(H,24,26)(H,25,27)(H,28,29). The number of nitrogens with one attached hydrogen (secondary N) is 3. The molecule has 4 rings (SSSR count). The Morgan fingerprint density at radius 1 is 0.586 bits per heavy atom. The molecule has 0 atom stereocenters. The van der Waals surface area contributed by atoms with Gasteiger partial charge in [-0.05, 0) is 66.7 Å². The fourth-order valence-corrected chi connectivity index (χ4v) is 2.79. The number of aromatic nitrogens is 2. The third-order valence-corrected chi connectivity index (χ3v) is 4.21. The van der Waals surface area contributed by atoms with E-state index in [0.717, 1.165) is 22.7 Å². The Kier molecular flexibility index (Phi) is 5.43. The van der Waals surface area contributed by atoms with Crippen LogP contribution in [-0.4, -0.2) is 15.9 Å². The lowest BCUT2D eigenvalue weighted by atomic mass is 10.1. The number of carbonyl (C=O) groups is 1. The van der Waals surface area contributed by atoms with Gasteiger partial charge in [0.1, 0.15) is 0 Å². The largest absolute Gasteiger partial charge is 0.355 e. The molecule has 1 amide bonds. The van der Waals surface area contributed by atoms with Crippen molar-refractivity contribution in [3.8, 4) is 0 Å². The SMILES string of the molecule is O=C(Nc1cccc(Nc2ccncc2)c1)c1ccc(Nc2ccncc2)cc1. The summed E-state index contributed by atoms with van der Waals surface area (Å²) < 4.78 is 0. The number of pyridine rings is 2. The summed E-state index contributed by atoms with van der Waals surface area (Å²) in [5.41, 5.74) is 4.95. The van der Waals surface area contributed by atoms with Crippen molar-refractivity contribution in [2.24, 2.45) is 0 Å². The summed E-state index contributed by atoms with van der Waals surface area (Å²) in [5, 5.41) is 9.48. The molecule has 142 valence electrons. The van der Waals surface area contributed by atoms with E-state index in [1.165, 1.54) is 0 Å². The second-order valence-electron chi connectivity index (χ2n) is 6.33. The zero-order valence-electron chi connectivity index (χ0n) is 15.5. The quantitative estimate of drug-likeness (QED) is 0.427. The van der Waals surface area contributed by atoms with Crippen LogP contribution < -0.4 is 16.0 Å². The second kappa shape index (κ2) is 8.67. The number of amides is 1. The van der Waals surface area contributed by atoms with E-state index < -0.39 is 0 Å². The van der Waals surface area contributed by atoms with Crippen molar-refractivity contribution in [3.05, 3.63) is 103 Å². The summed E-state index contributed by atoms with van der Waals surface area (Å²) in [4.78, 5) is 20.6. The number of benzene rings is 2. The van der Waals surface area contributed by atoms with Gasteiger partial charge in [-0.15, -0.1) is 0 Å². The average molecular weight is 381 g/mol. The predicted molar refractivity (Wildman–Crippen MR) is 116 cm³/mol. The zero-order chi connectivity index (χ0) is 19.9. The van der Waals surface area contributed by atoms with Gasteiger partial charge >= 0.3 is 0 Å². The van der Waals surface area contributed by atoms with Gasteiger partial charge in [-0.3, -0.25) is 14.8 Å². The molecule has 0 saturated carbocycles. The van der Waals surface area contributed by atoms with E-state index in [4.69, 9.17) is 0 Å². The van der Waals surface area contributed by atoms with E-state index in [0.29, 0.717) is 11.3 Å². The molecule has 0 spiro atoms. The highest BCUT2D eigenvalue weighted by Gasteiger charge is 2.07. The Labute approximate surface area is 168 Å². The van der Waals surface area contributed by atoms with Crippen LogP contribution in [0.25, 0.3) is 0 Å². The number of rotatable bonds is 6. The van der Waals surface area contributed by atoms with Crippen LogP contribution in [0.5, 0.6) is 0 Å². The lowest BCUT2D eigenvalue weighted by molar-refractivity contribution is 0.102. The third-order valence-electron chi connectivity index (χ3n) is 4.21. The number of nitrogens with zero attached hydrogens (tertiary/aromatic N) is 2. The van der Waals surface area contributed by atoms with Crippen LogP contribution in [0.1, 0.15) is 10.4 Å². The van der Waals surface area contributed by atoms with Crippen molar-refractivity contribution < 1.29 is 4.79 Å². The second-order valence-corrected chi connectivity index (χ2v) is 6.33. The molecule has 0 aliphatic heterocycles. The van der Waals surface area contributed by atoms with Crippen molar-refractivity contribution >= 4 is 34.3 Å². The molecule has 2 aromatic carbocycles. The fourth-order valence-electron chi connectivity index (χ4n) is 2.79. The summed E-state index contributed by atoms with van der Waals surface area (Å²) in [6.45, 7) is 0. The predicted octanol–water partition coefficient (Wildman–Crippen LogP) is 5.22. The Morgan fingerprint density at radius 3 is 1.72 bits per heavy atom. The normalized spacial score (nSPS) is 10.2. The number of anilines is 5. The number of hydrogen-bond donors (Lipinski definition) is 3. The maximum atomic E-state index is 12.6. The highest BCUT2D eigenvalue weighted by Crippen LogP contribution is 2.21. The zero-order valence-corrected chi connectivity index (χ0v) is 15.5. The van der Waals surface area contributed by atoms with Crippen molar-refractivity contribution in [2.45, 2.75) is 0 Å². The van der Waals surface area contributed by atoms with E-state index in [1.54, 1.807) is 36.9 Å². The van der Waals surface area contributed by atoms with Crippen LogP contribution in [0.4, 0.5) is 28.4 Å². The molecule has 6 nitrogen and oxygen atoms in total. The van der Waals surface area contributed by atoms with Gasteiger partial charge in [-0.25, -0.2) is 0 Å². The molecule has 0 aliphatic rings. The number of hydrogen-bond acceptors (Lipinski definition) is 5. The molecule has 0 saturated heterocycles. The van der Waals surface area contributed by atoms with Crippen LogP contribution in [0.2, 0.25) is 0 Å². The van der Waals surface area contributed by atoms with Gasteiger partial charge in [-0.2, -0.15) is 0 Å². The first-order chi connectivity index (χ1) is 14.3. The first kappa shape index (κ1) is 18.2. The Hall–Kier alpha value is -4.19. The van der Waals surface area contributed by atoms with Gasteiger partial charge in [0.05, 0.1) is 0 Å². The topological polar surface area (TPSA) is 78.9 Å². The Morgan fingerprint density at radius 2 is 1.10 bits per heavy atom. The number of carbonyl (C=O) groups excluding carboxylic acids is 1. The maximum Gasteiger partial charge on any atom is 0.255 e. The molecular weight excluding hydrogens is 362 g/mol. The summed E-state index contributed by atoms with van der Waals surface area (Å²) in [7, 11) is 0. The lowest BCUT2D eigenvalue weighted by Gasteiger charge is -2.10. The maximum absolute atomic E-state index is 12.6. The molecule has 3 N–H and O–H groups in total. The van der Waals surface area contributed by atoms with E-state index >= 15 is 0 Å². The molecule has 29 heavy (non-hydrogen) atoms. The van der Waals surface area contributed by atoms with E-state index in [2.05, 4.69) is 25.9 Å². The monoisotopic (exact) mass is 381 g/mol. The third kappa shape index (κ3) is 4.95. The van der Waals surface area contributed by atoms with Crippen molar-refractivity contribution in [1.82, 2.24) is 9.97 Å². The summed E-state index contributed by atoms with van der Waals surface area (Å²) in [6.07, 6.45) is 6.89. The molecule has 0 aliphatic carbocycles. The van der Waals surface area contributed by atoms with Crippen LogP contribution in [0, 0.1) is 0 Å². The van der Waals surface area contributed by atoms with Gasteiger partial charge in [0.15, 0.2) is 0 Å². The van der Waals surface area contributed by atoms with E-state index in [1.807, 2.05) is 60.7 Å². The minimum absolute atomic E-state index is 0.165. The van der Waals surface area contributed by atoms with Gasteiger partial charge in [0.25, 0.3) is 5.91 Å². The van der Waals surface area contributed by atoms with Crippen LogP contribution in [0.3, 0.4) is 0 Å². The van der Waals surface area contributed by atoms with Crippen LogP contribution in [0.15, 0.2) is 97.6 Å². The molecule has 0 fully saturated rings. The Bertz CT molecular complexity index is 1080. The molecule has 4 aromatic rings. The highest BCUT2D eigenvalue weighted by molar-refractivity contribution is 6.04. The highest BCUT2D eigenvalue weighted by atomic mass is 16.1. The minimum atomic E-state index is -0.165. The lowest BCUT2D eigenvalue weighted by Crippen LogP contribution is -2.11. The molecular formula is C23H19N5O. The van der Waals surface area contributed by atoms with E-state index in [-0.39, 0.29) is 5.91 Å². The Balaban J connectivity index is 1.40. The molecule has 2 aromatic heterocycles. The summed E-state index contributed by atoms with van der Waals surface area (Å²) in [5.74, 6) is -0.165. The first-order valence-electron chi connectivity index (χ1n) is 9.12.